The molecule has 2 heterocycles. The van der Waals surface area contributed by atoms with E-state index in [9.17, 15) is 0 Å². The van der Waals surface area contributed by atoms with Crippen LogP contribution in [0.25, 0.3) is 0 Å². The van der Waals surface area contributed by atoms with Crippen molar-refractivity contribution in [1.29, 1.82) is 5.26 Å². The molecule has 2 rings (SSSR count). The third-order valence-corrected chi connectivity index (χ3v) is 3.19. The van der Waals surface area contributed by atoms with Crippen LogP contribution in [0.4, 0.5) is 0 Å². The van der Waals surface area contributed by atoms with E-state index in [2.05, 4.69) is 16.0 Å². The van der Waals surface area contributed by atoms with Gasteiger partial charge < -0.3 is 4.74 Å². The predicted molar refractivity (Wildman–Crippen MR) is 68.7 cm³/mol. The minimum Gasteiger partial charge on any atom is -0.381 e. The molecule has 0 aromatic carbocycles. The van der Waals surface area contributed by atoms with Gasteiger partial charge in [-0.15, -0.1) is 0 Å². The van der Waals surface area contributed by atoms with Crippen molar-refractivity contribution in [2.75, 3.05) is 26.3 Å². The molecule has 4 nitrogen and oxygen atoms in total. The lowest BCUT2D eigenvalue weighted by Gasteiger charge is -2.23. The van der Waals surface area contributed by atoms with Crippen LogP contribution in [-0.4, -0.2) is 36.2 Å². The molecule has 18 heavy (non-hydrogen) atoms. The molecule has 1 aromatic heterocycles. The van der Waals surface area contributed by atoms with E-state index < -0.39 is 0 Å². The van der Waals surface area contributed by atoms with Crippen molar-refractivity contribution in [3.8, 4) is 6.07 Å². The minimum atomic E-state index is 0.570. The Bertz CT molecular complexity index is 382. The second-order valence-corrected chi connectivity index (χ2v) is 4.69. The van der Waals surface area contributed by atoms with Crippen LogP contribution in [0.2, 0.25) is 0 Å². The normalized spacial score (nSPS) is 19.0. The molecule has 1 fully saturated rings. The Kier molecular flexibility index (Phi) is 5.13. The highest BCUT2D eigenvalue weighted by Gasteiger charge is 2.19. The maximum atomic E-state index is 8.73. The molecule has 1 unspecified atom stereocenters. The molecule has 0 saturated carbocycles. The maximum absolute atomic E-state index is 8.73. The van der Waals surface area contributed by atoms with Crippen molar-refractivity contribution >= 4 is 0 Å². The highest BCUT2D eigenvalue weighted by atomic mass is 16.5. The van der Waals surface area contributed by atoms with Crippen molar-refractivity contribution in [2.24, 2.45) is 5.92 Å². The van der Waals surface area contributed by atoms with Gasteiger partial charge in [0.25, 0.3) is 0 Å². The standard InChI is InChI=1S/C14H19N3O/c15-6-3-8-17(10-13-5-9-18-12-13)11-14-4-1-2-7-16-14/h1-2,4,7,13H,3,5,8-12H2. The Morgan fingerprint density at radius 1 is 1.50 bits per heavy atom. The molecule has 4 heteroatoms. The zero-order chi connectivity index (χ0) is 12.6. The second kappa shape index (κ2) is 7.10. The Hall–Kier alpha value is -1.44. The zero-order valence-corrected chi connectivity index (χ0v) is 10.6. The topological polar surface area (TPSA) is 49.2 Å². The van der Waals surface area contributed by atoms with Gasteiger partial charge in [-0.2, -0.15) is 5.26 Å². The first kappa shape index (κ1) is 13.0. The van der Waals surface area contributed by atoms with E-state index in [1.807, 2.05) is 24.4 Å². The van der Waals surface area contributed by atoms with Crippen molar-refractivity contribution in [3.63, 3.8) is 0 Å². The Morgan fingerprint density at radius 2 is 2.44 bits per heavy atom. The molecule has 1 aromatic rings. The SMILES string of the molecule is N#CCCN(Cc1ccccn1)CC1CCOC1. The van der Waals surface area contributed by atoms with Crippen molar-refractivity contribution < 1.29 is 4.74 Å². The van der Waals surface area contributed by atoms with Crippen molar-refractivity contribution in [2.45, 2.75) is 19.4 Å². The molecule has 0 radical (unpaired) electrons. The first-order chi connectivity index (χ1) is 8.88. The fourth-order valence-electron chi connectivity index (χ4n) is 2.26. The van der Waals surface area contributed by atoms with E-state index in [0.29, 0.717) is 12.3 Å². The third kappa shape index (κ3) is 4.10. The number of rotatable bonds is 6. The summed E-state index contributed by atoms with van der Waals surface area (Å²) < 4.78 is 5.41. The summed E-state index contributed by atoms with van der Waals surface area (Å²) in [5.41, 5.74) is 1.06. The predicted octanol–water partition coefficient (Wildman–Crippen LogP) is 1.83. The smallest absolute Gasteiger partial charge is 0.0635 e. The Labute approximate surface area is 108 Å². The first-order valence-corrected chi connectivity index (χ1v) is 6.45. The molecule has 0 spiro atoms. The third-order valence-electron chi connectivity index (χ3n) is 3.19. The summed E-state index contributed by atoms with van der Waals surface area (Å²) in [6, 6.07) is 8.18. The summed E-state index contributed by atoms with van der Waals surface area (Å²) in [6.45, 7) is 4.35. The molecule has 1 atom stereocenters. The zero-order valence-electron chi connectivity index (χ0n) is 10.6. The van der Waals surface area contributed by atoms with E-state index in [-0.39, 0.29) is 0 Å². The maximum Gasteiger partial charge on any atom is 0.0635 e. The molecule has 0 aliphatic carbocycles. The molecule has 1 aliphatic heterocycles. The quantitative estimate of drug-likeness (QED) is 0.767. The van der Waals surface area contributed by atoms with Gasteiger partial charge in [0, 0.05) is 38.9 Å². The molecular weight excluding hydrogens is 226 g/mol. The van der Waals surface area contributed by atoms with Gasteiger partial charge in [0.05, 0.1) is 18.4 Å². The van der Waals surface area contributed by atoms with Gasteiger partial charge in [-0.1, -0.05) is 6.07 Å². The average molecular weight is 245 g/mol. The Morgan fingerprint density at radius 3 is 3.11 bits per heavy atom. The first-order valence-electron chi connectivity index (χ1n) is 6.45. The molecule has 0 N–H and O–H groups in total. The summed E-state index contributed by atoms with van der Waals surface area (Å²) in [4.78, 5) is 6.66. The number of hydrogen-bond acceptors (Lipinski definition) is 4. The largest absolute Gasteiger partial charge is 0.381 e. The summed E-state index contributed by atoms with van der Waals surface area (Å²) in [6.07, 6.45) is 3.52. The lowest BCUT2D eigenvalue weighted by Crippen LogP contribution is -2.30. The van der Waals surface area contributed by atoms with Crippen LogP contribution >= 0.6 is 0 Å². The monoisotopic (exact) mass is 245 g/mol. The summed E-state index contributed by atoms with van der Waals surface area (Å²) >= 11 is 0. The molecular formula is C14H19N3O. The number of aromatic nitrogens is 1. The van der Waals surface area contributed by atoms with E-state index in [1.54, 1.807) is 0 Å². The van der Waals surface area contributed by atoms with Gasteiger partial charge in [0.1, 0.15) is 0 Å². The van der Waals surface area contributed by atoms with Gasteiger partial charge in [-0.25, -0.2) is 0 Å². The van der Waals surface area contributed by atoms with E-state index in [4.69, 9.17) is 10.00 Å². The number of nitriles is 1. The fourth-order valence-corrected chi connectivity index (χ4v) is 2.26. The fraction of sp³-hybridized carbons (Fsp3) is 0.571. The van der Waals surface area contributed by atoms with E-state index >= 15 is 0 Å². The number of nitrogens with zero attached hydrogens (tertiary/aromatic N) is 3. The van der Waals surface area contributed by atoms with Gasteiger partial charge in [-0.05, 0) is 24.5 Å². The number of pyridine rings is 1. The van der Waals surface area contributed by atoms with Crippen LogP contribution in [0.1, 0.15) is 18.5 Å². The summed E-state index contributed by atoms with van der Waals surface area (Å²) in [7, 11) is 0. The summed E-state index contributed by atoms with van der Waals surface area (Å²) in [5.74, 6) is 0.604. The van der Waals surface area contributed by atoms with Crippen molar-refractivity contribution in [3.05, 3.63) is 30.1 Å². The van der Waals surface area contributed by atoms with Gasteiger partial charge in [0.15, 0.2) is 0 Å². The van der Waals surface area contributed by atoms with Gasteiger partial charge in [-0.3, -0.25) is 9.88 Å². The lowest BCUT2D eigenvalue weighted by molar-refractivity contribution is 0.165. The molecule has 0 amide bonds. The molecule has 1 aliphatic rings. The molecule has 96 valence electrons. The highest BCUT2D eigenvalue weighted by molar-refractivity contribution is 5.03. The van der Waals surface area contributed by atoms with Crippen LogP contribution < -0.4 is 0 Å². The lowest BCUT2D eigenvalue weighted by atomic mass is 10.1. The van der Waals surface area contributed by atoms with Crippen LogP contribution in [0, 0.1) is 17.2 Å². The van der Waals surface area contributed by atoms with Crippen LogP contribution in [0.3, 0.4) is 0 Å². The van der Waals surface area contributed by atoms with Gasteiger partial charge >= 0.3 is 0 Å². The van der Waals surface area contributed by atoms with Crippen LogP contribution in [0.5, 0.6) is 0 Å². The van der Waals surface area contributed by atoms with E-state index in [0.717, 1.165) is 45.0 Å². The molecule has 0 bridgehead atoms. The van der Waals surface area contributed by atoms with E-state index in [1.165, 1.54) is 0 Å². The van der Waals surface area contributed by atoms with Crippen LogP contribution in [0.15, 0.2) is 24.4 Å². The van der Waals surface area contributed by atoms with Gasteiger partial charge in [0.2, 0.25) is 0 Å². The van der Waals surface area contributed by atoms with Crippen LogP contribution in [-0.2, 0) is 11.3 Å². The second-order valence-electron chi connectivity index (χ2n) is 4.69. The Balaban J connectivity index is 1.89. The average Bonchev–Trinajstić information content (AvgIpc) is 2.90. The number of hydrogen-bond donors (Lipinski definition) is 0. The highest BCUT2D eigenvalue weighted by Crippen LogP contribution is 2.15. The van der Waals surface area contributed by atoms with Crippen molar-refractivity contribution in [1.82, 2.24) is 9.88 Å². The minimum absolute atomic E-state index is 0.570. The number of ether oxygens (including phenoxy) is 1. The molecule has 1 saturated heterocycles. The summed E-state index contributed by atoms with van der Waals surface area (Å²) in [5, 5.41) is 8.73.